The first-order chi connectivity index (χ1) is 10.8. The molecule has 114 valence electrons. The lowest BCUT2D eigenvalue weighted by Gasteiger charge is -2.09. The third kappa shape index (κ3) is 3.15. The van der Waals surface area contributed by atoms with Gasteiger partial charge in [0.25, 0.3) is 0 Å². The molecule has 1 aromatic heterocycles. The van der Waals surface area contributed by atoms with Gasteiger partial charge in [-0.2, -0.15) is 0 Å². The van der Waals surface area contributed by atoms with Crippen LogP contribution in [0.2, 0.25) is 0 Å². The average Bonchev–Trinajstić information content (AvgIpc) is 2.97. The molecular weight excluding hydrogens is 272 g/mol. The van der Waals surface area contributed by atoms with Crippen LogP contribution in [0.3, 0.4) is 0 Å². The summed E-state index contributed by atoms with van der Waals surface area (Å²) in [5, 5.41) is 1.23. The lowest BCUT2D eigenvalue weighted by Crippen LogP contribution is -2.12. The Morgan fingerprint density at radius 1 is 1.09 bits per heavy atom. The molecule has 3 rings (SSSR count). The van der Waals surface area contributed by atoms with E-state index in [-0.39, 0.29) is 0 Å². The fourth-order valence-corrected chi connectivity index (χ4v) is 2.67. The van der Waals surface area contributed by atoms with E-state index >= 15 is 0 Å². The molecule has 0 saturated carbocycles. The highest BCUT2D eigenvalue weighted by Gasteiger charge is 2.10. The third-order valence-corrected chi connectivity index (χ3v) is 3.97. The molecule has 0 amide bonds. The number of nitrogens with two attached hydrogens (primary N) is 1. The van der Waals surface area contributed by atoms with Gasteiger partial charge in [0, 0.05) is 11.6 Å². The molecule has 0 aliphatic carbocycles. The van der Waals surface area contributed by atoms with E-state index in [1.54, 1.807) is 0 Å². The van der Waals surface area contributed by atoms with Crippen LogP contribution in [0.1, 0.15) is 18.1 Å². The number of H-pyrrole nitrogens is 1. The van der Waals surface area contributed by atoms with Gasteiger partial charge in [-0.3, -0.25) is 0 Å². The predicted octanol–water partition coefficient (Wildman–Crippen LogP) is 3.88. The molecule has 0 bridgehead atoms. The number of hydrogen-bond acceptors (Lipinski definition) is 2. The van der Waals surface area contributed by atoms with Crippen molar-refractivity contribution in [1.82, 2.24) is 4.98 Å². The smallest absolute Gasteiger partial charge is 0.143 e. The summed E-state index contributed by atoms with van der Waals surface area (Å²) in [6, 6.07) is 16.4. The van der Waals surface area contributed by atoms with Gasteiger partial charge < -0.3 is 15.5 Å². The van der Waals surface area contributed by atoms with Crippen molar-refractivity contribution in [2.75, 3.05) is 6.54 Å². The second kappa shape index (κ2) is 6.67. The number of para-hydroxylation sites is 1. The minimum Gasteiger partial charge on any atom is -0.487 e. The number of aromatic amines is 1. The van der Waals surface area contributed by atoms with Crippen molar-refractivity contribution < 1.29 is 4.74 Å². The summed E-state index contributed by atoms with van der Waals surface area (Å²) in [5.41, 5.74) is 9.28. The molecule has 0 saturated heterocycles. The highest BCUT2D eigenvalue weighted by molar-refractivity contribution is 5.88. The maximum absolute atomic E-state index is 5.99. The summed E-state index contributed by atoms with van der Waals surface area (Å²) in [5.74, 6) is 1.38. The number of ether oxygens (including phenoxy) is 1. The molecule has 0 aliphatic rings. The van der Waals surface area contributed by atoms with Gasteiger partial charge in [-0.25, -0.2) is 0 Å². The number of nitrogens with one attached hydrogen (secondary N) is 1. The topological polar surface area (TPSA) is 51.0 Å². The Bertz CT molecular complexity index is 734. The first kappa shape index (κ1) is 14.7. The summed E-state index contributed by atoms with van der Waals surface area (Å²) < 4.78 is 5.99. The fourth-order valence-electron chi connectivity index (χ4n) is 2.67. The predicted molar refractivity (Wildman–Crippen MR) is 91.0 cm³/mol. The molecular formula is C19H22N2O. The highest BCUT2D eigenvalue weighted by Crippen LogP contribution is 2.29. The van der Waals surface area contributed by atoms with E-state index in [1.165, 1.54) is 16.5 Å². The van der Waals surface area contributed by atoms with Gasteiger partial charge in [-0.15, -0.1) is 0 Å². The van der Waals surface area contributed by atoms with Crippen LogP contribution < -0.4 is 10.5 Å². The molecule has 3 nitrogen and oxygen atoms in total. The molecule has 22 heavy (non-hydrogen) atoms. The Morgan fingerprint density at radius 2 is 1.91 bits per heavy atom. The van der Waals surface area contributed by atoms with Crippen LogP contribution >= 0.6 is 0 Å². The van der Waals surface area contributed by atoms with Crippen molar-refractivity contribution in [3.8, 4) is 5.75 Å². The van der Waals surface area contributed by atoms with Crippen LogP contribution in [-0.4, -0.2) is 11.5 Å². The molecule has 1 heterocycles. The third-order valence-electron chi connectivity index (χ3n) is 3.97. The SMILES string of the molecule is CC(CN)Cc1c[nH]c2c(OCc3ccccc3)cccc12. The zero-order valence-corrected chi connectivity index (χ0v) is 12.9. The van der Waals surface area contributed by atoms with E-state index in [0.717, 1.165) is 17.7 Å². The molecule has 0 radical (unpaired) electrons. The summed E-state index contributed by atoms with van der Waals surface area (Å²) in [6.07, 6.45) is 3.06. The first-order valence-electron chi connectivity index (χ1n) is 7.73. The number of aromatic nitrogens is 1. The molecule has 3 N–H and O–H groups in total. The Balaban J connectivity index is 1.82. The normalized spacial score (nSPS) is 12.5. The molecule has 3 aromatic rings. The van der Waals surface area contributed by atoms with E-state index in [1.807, 2.05) is 30.3 Å². The van der Waals surface area contributed by atoms with Crippen LogP contribution in [0.15, 0.2) is 54.7 Å². The second-order valence-corrected chi connectivity index (χ2v) is 5.81. The Morgan fingerprint density at radius 3 is 2.68 bits per heavy atom. The Kier molecular flexibility index (Phi) is 4.45. The van der Waals surface area contributed by atoms with Crippen molar-refractivity contribution in [3.05, 3.63) is 65.9 Å². The molecule has 3 heteroatoms. The van der Waals surface area contributed by atoms with Gasteiger partial charge in [0.05, 0.1) is 5.52 Å². The van der Waals surface area contributed by atoms with E-state index in [2.05, 4.69) is 36.3 Å². The molecule has 1 unspecified atom stereocenters. The van der Waals surface area contributed by atoms with Crippen LogP contribution in [0.25, 0.3) is 10.9 Å². The Hall–Kier alpha value is -2.26. The van der Waals surface area contributed by atoms with Crippen molar-refractivity contribution in [2.24, 2.45) is 11.7 Å². The highest BCUT2D eigenvalue weighted by atomic mass is 16.5. The van der Waals surface area contributed by atoms with Gasteiger partial charge >= 0.3 is 0 Å². The minimum absolute atomic E-state index is 0.480. The zero-order valence-electron chi connectivity index (χ0n) is 12.9. The van der Waals surface area contributed by atoms with Gasteiger partial charge in [0.1, 0.15) is 12.4 Å². The maximum atomic E-state index is 5.99. The van der Waals surface area contributed by atoms with Crippen LogP contribution in [0.5, 0.6) is 5.75 Å². The largest absolute Gasteiger partial charge is 0.487 e. The number of benzene rings is 2. The zero-order chi connectivity index (χ0) is 15.4. The van der Waals surface area contributed by atoms with Crippen LogP contribution in [0.4, 0.5) is 0 Å². The van der Waals surface area contributed by atoms with Gasteiger partial charge in [-0.05, 0) is 36.1 Å². The van der Waals surface area contributed by atoms with Crippen LogP contribution in [-0.2, 0) is 13.0 Å². The van der Waals surface area contributed by atoms with Gasteiger partial charge in [-0.1, -0.05) is 49.4 Å². The van der Waals surface area contributed by atoms with E-state index in [0.29, 0.717) is 19.1 Å². The first-order valence-corrected chi connectivity index (χ1v) is 7.73. The van der Waals surface area contributed by atoms with Crippen molar-refractivity contribution >= 4 is 10.9 Å². The van der Waals surface area contributed by atoms with E-state index < -0.39 is 0 Å². The summed E-state index contributed by atoms with van der Waals surface area (Å²) in [6.45, 7) is 3.46. The number of hydrogen-bond donors (Lipinski definition) is 2. The van der Waals surface area contributed by atoms with Crippen LogP contribution in [0, 0.1) is 5.92 Å². The summed E-state index contributed by atoms with van der Waals surface area (Å²) >= 11 is 0. The fraction of sp³-hybridized carbons (Fsp3) is 0.263. The second-order valence-electron chi connectivity index (χ2n) is 5.81. The van der Waals surface area contributed by atoms with Crippen molar-refractivity contribution in [3.63, 3.8) is 0 Å². The maximum Gasteiger partial charge on any atom is 0.143 e. The average molecular weight is 294 g/mol. The minimum atomic E-state index is 0.480. The number of rotatable bonds is 6. The molecule has 2 aromatic carbocycles. The quantitative estimate of drug-likeness (QED) is 0.724. The lowest BCUT2D eigenvalue weighted by atomic mass is 10.0. The standard InChI is InChI=1S/C19H22N2O/c1-14(11-20)10-16-12-21-19-17(16)8-5-9-18(19)22-13-15-6-3-2-4-7-15/h2-9,12,14,21H,10-11,13,20H2,1H3. The van der Waals surface area contributed by atoms with Gasteiger partial charge in [0.2, 0.25) is 0 Å². The summed E-state index contributed by atoms with van der Waals surface area (Å²) in [7, 11) is 0. The monoisotopic (exact) mass is 294 g/mol. The Labute approximate surface area is 131 Å². The van der Waals surface area contributed by atoms with Crippen molar-refractivity contribution in [1.29, 1.82) is 0 Å². The van der Waals surface area contributed by atoms with E-state index in [9.17, 15) is 0 Å². The van der Waals surface area contributed by atoms with Gasteiger partial charge in [0.15, 0.2) is 0 Å². The summed E-state index contributed by atoms with van der Waals surface area (Å²) in [4.78, 5) is 3.36. The van der Waals surface area contributed by atoms with Crippen molar-refractivity contribution in [2.45, 2.75) is 20.0 Å². The lowest BCUT2D eigenvalue weighted by molar-refractivity contribution is 0.309. The molecule has 0 fully saturated rings. The number of fused-ring (bicyclic) bond motifs is 1. The molecule has 1 atom stereocenters. The van der Waals surface area contributed by atoms with E-state index in [4.69, 9.17) is 10.5 Å². The molecule has 0 aliphatic heterocycles. The molecule has 0 spiro atoms.